The van der Waals surface area contributed by atoms with Gasteiger partial charge in [-0.15, -0.1) is 0 Å². The van der Waals surface area contributed by atoms with Gasteiger partial charge in [-0.3, -0.25) is 0 Å². The van der Waals surface area contributed by atoms with Crippen molar-refractivity contribution in [3.63, 3.8) is 0 Å². The quantitative estimate of drug-likeness (QED) is 0.619. The molecule has 0 aromatic rings. The van der Waals surface area contributed by atoms with Crippen molar-refractivity contribution >= 4 is 0 Å². The van der Waals surface area contributed by atoms with Crippen LogP contribution >= 0.6 is 0 Å². The molecule has 1 aliphatic carbocycles. The second-order valence-electron chi connectivity index (χ2n) is 4.46. The Morgan fingerprint density at radius 2 is 2.25 bits per heavy atom. The first-order valence-electron chi connectivity index (χ1n) is 5.17. The van der Waals surface area contributed by atoms with Gasteiger partial charge in [0.05, 0.1) is 0 Å². The van der Waals surface area contributed by atoms with Crippen LogP contribution in [0, 0.1) is 11.8 Å². The molecule has 12 heavy (non-hydrogen) atoms. The lowest BCUT2D eigenvalue weighted by Gasteiger charge is -2.36. The van der Waals surface area contributed by atoms with Crippen LogP contribution in [0.3, 0.4) is 0 Å². The average molecular weight is 165 g/mol. The van der Waals surface area contributed by atoms with E-state index in [1.807, 2.05) is 0 Å². The van der Waals surface area contributed by atoms with Crippen LogP contribution in [-0.2, 0) is 0 Å². The third-order valence-corrected chi connectivity index (χ3v) is 3.66. The molecule has 68 valence electrons. The Balaban J connectivity index is 1.86. The maximum atomic E-state index is 4.07. The highest BCUT2D eigenvalue weighted by Gasteiger charge is 2.31. The van der Waals surface area contributed by atoms with Gasteiger partial charge in [-0.2, -0.15) is 0 Å². The molecule has 1 saturated heterocycles. The summed E-state index contributed by atoms with van der Waals surface area (Å²) in [6, 6.07) is 0.820. The molecule has 0 amide bonds. The smallest absolute Gasteiger partial charge is 0.0107 e. The summed E-state index contributed by atoms with van der Waals surface area (Å²) >= 11 is 0. The normalized spacial score (nSPS) is 37.9. The second kappa shape index (κ2) is 3.21. The standard InChI is InChI=1S/C11H19N/c1-8-3-4-10(7-8)9(2)11-5-6-12-11/h9-12H,1,3-7H2,2H3/t9-,10?,11?/m1/s1. The topological polar surface area (TPSA) is 12.0 Å². The Morgan fingerprint density at radius 1 is 1.50 bits per heavy atom. The van der Waals surface area contributed by atoms with Crippen LogP contribution in [-0.4, -0.2) is 12.6 Å². The molecule has 1 N–H and O–H groups in total. The molecule has 2 fully saturated rings. The first-order chi connectivity index (χ1) is 5.77. The molecule has 1 heterocycles. The van der Waals surface area contributed by atoms with Gasteiger partial charge in [0.1, 0.15) is 0 Å². The molecule has 2 rings (SSSR count). The van der Waals surface area contributed by atoms with E-state index in [1.165, 1.54) is 37.8 Å². The molecule has 2 aliphatic rings. The maximum absolute atomic E-state index is 4.07. The molecule has 1 aliphatic heterocycles. The molecular formula is C11H19N. The maximum Gasteiger partial charge on any atom is 0.0107 e. The van der Waals surface area contributed by atoms with Crippen molar-refractivity contribution in [2.24, 2.45) is 11.8 Å². The Labute approximate surface area is 75.2 Å². The highest BCUT2D eigenvalue weighted by atomic mass is 15.0. The van der Waals surface area contributed by atoms with Crippen LogP contribution in [0.5, 0.6) is 0 Å². The molecule has 2 unspecified atom stereocenters. The fraction of sp³-hybridized carbons (Fsp3) is 0.818. The van der Waals surface area contributed by atoms with Crippen molar-refractivity contribution in [1.82, 2.24) is 5.32 Å². The summed E-state index contributed by atoms with van der Waals surface area (Å²) in [6.45, 7) is 7.71. The molecule has 0 aromatic carbocycles. The minimum atomic E-state index is 0.820. The van der Waals surface area contributed by atoms with E-state index in [0.29, 0.717) is 0 Å². The van der Waals surface area contributed by atoms with Crippen molar-refractivity contribution in [2.45, 2.75) is 38.6 Å². The third-order valence-electron chi connectivity index (χ3n) is 3.66. The lowest BCUT2D eigenvalue weighted by Crippen LogP contribution is -2.48. The molecule has 0 bridgehead atoms. The number of hydrogen-bond acceptors (Lipinski definition) is 1. The SMILES string of the molecule is C=C1CCC([C@@H](C)C2CCN2)C1. The first kappa shape index (κ1) is 8.31. The lowest BCUT2D eigenvalue weighted by molar-refractivity contribution is 0.209. The summed E-state index contributed by atoms with van der Waals surface area (Å²) in [6.07, 6.45) is 5.35. The van der Waals surface area contributed by atoms with Gasteiger partial charge >= 0.3 is 0 Å². The summed E-state index contributed by atoms with van der Waals surface area (Å²) in [5.41, 5.74) is 1.48. The van der Waals surface area contributed by atoms with E-state index in [-0.39, 0.29) is 0 Å². The van der Waals surface area contributed by atoms with Gasteiger partial charge in [0, 0.05) is 6.04 Å². The zero-order valence-electron chi connectivity index (χ0n) is 7.97. The Hall–Kier alpha value is -0.300. The summed E-state index contributed by atoms with van der Waals surface area (Å²) < 4.78 is 0. The molecule has 1 nitrogen and oxygen atoms in total. The van der Waals surface area contributed by atoms with Crippen LogP contribution in [0.4, 0.5) is 0 Å². The molecule has 1 heteroatoms. The van der Waals surface area contributed by atoms with Crippen molar-refractivity contribution in [3.05, 3.63) is 12.2 Å². The highest BCUT2D eigenvalue weighted by Crippen LogP contribution is 2.37. The van der Waals surface area contributed by atoms with Gasteiger partial charge in [0.15, 0.2) is 0 Å². The Morgan fingerprint density at radius 3 is 2.67 bits per heavy atom. The van der Waals surface area contributed by atoms with E-state index in [9.17, 15) is 0 Å². The van der Waals surface area contributed by atoms with Crippen molar-refractivity contribution in [3.8, 4) is 0 Å². The fourth-order valence-electron chi connectivity index (χ4n) is 2.50. The minimum absolute atomic E-state index is 0.820. The van der Waals surface area contributed by atoms with E-state index in [1.54, 1.807) is 0 Å². The van der Waals surface area contributed by atoms with Gasteiger partial charge in [-0.05, 0) is 44.1 Å². The molecule has 3 atom stereocenters. The molecule has 1 saturated carbocycles. The van der Waals surface area contributed by atoms with E-state index in [0.717, 1.165) is 17.9 Å². The first-order valence-corrected chi connectivity index (χ1v) is 5.17. The molecule has 0 aromatic heterocycles. The monoisotopic (exact) mass is 165 g/mol. The summed E-state index contributed by atoms with van der Waals surface area (Å²) in [7, 11) is 0. The third kappa shape index (κ3) is 1.42. The van der Waals surface area contributed by atoms with Gasteiger partial charge in [0.25, 0.3) is 0 Å². The number of nitrogens with one attached hydrogen (secondary N) is 1. The van der Waals surface area contributed by atoms with E-state index in [4.69, 9.17) is 0 Å². The van der Waals surface area contributed by atoms with E-state index < -0.39 is 0 Å². The predicted molar refractivity (Wildman–Crippen MR) is 52.1 cm³/mol. The van der Waals surface area contributed by atoms with E-state index >= 15 is 0 Å². The Bertz CT molecular complexity index is 181. The summed E-state index contributed by atoms with van der Waals surface area (Å²) in [5, 5.41) is 3.51. The van der Waals surface area contributed by atoms with E-state index in [2.05, 4.69) is 18.8 Å². The van der Waals surface area contributed by atoms with Crippen LogP contribution in [0.1, 0.15) is 32.6 Å². The van der Waals surface area contributed by atoms with Gasteiger partial charge in [-0.1, -0.05) is 19.1 Å². The highest BCUT2D eigenvalue weighted by molar-refractivity contribution is 5.04. The fourth-order valence-corrected chi connectivity index (χ4v) is 2.50. The van der Waals surface area contributed by atoms with Crippen molar-refractivity contribution in [1.29, 1.82) is 0 Å². The van der Waals surface area contributed by atoms with Crippen molar-refractivity contribution < 1.29 is 0 Å². The lowest BCUT2D eigenvalue weighted by atomic mass is 9.82. The summed E-state index contributed by atoms with van der Waals surface area (Å²) in [4.78, 5) is 0. The Kier molecular flexibility index (Phi) is 2.22. The second-order valence-corrected chi connectivity index (χ2v) is 4.46. The number of hydrogen-bond donors (Lipinski definition) is 1. The van der Waals surface area contributed by atoms with Gasteiger partial charge in [-0.25, -0.2) is 0 Å². The average Bonchev–Trinajstić information content (AvgIpc) is 2.31. The number of rotatable bonds is 2. The van der Waals surface area contributed by atoms with Gasteiger partial charge in [0.2, 0.25) is 0 Å². The van der Waals surface area contributed by atoms with Crippen LogP contribution in [0.2, 0.25) is 0 Å². The predicted octanol–water partition coefficient (Wildman–Crippen LogP) is 2.34. The van der Waals surface area contributed by atoms with Crippen LogP contribution in [0.25, 0.3) is 0 Å². The largest absolute Gasteiger partial charge is 0.314 e. The zero-order valence-corrected chi connectivity index (χ0v) is 7.97. The molecule has 0 radical (unpaired) electrons. The molecule has 0 spiro atoms. The minimum Gasteiger partial charge on any atom is -0.314 e. The van der Waals surface area contributed by atoms with Crippen LogP contribution in [0.15, 0.2) is 12.2 Å². The number of allylic oxidation sites excluding steroid dienone is 1. The summed E-state index contributed by atoms with van der Waals surface area (Å²) in [5.74, 6) is 1.80. The van der Waals surface area contributed by atoms with Crippen LogP contribution < -0.4 is 5.32 Å². The van der Waals surface area contributed by atoms with Crippen molar-refractivity contribution in [2.75, 3.05) is 6.54 Å². The zero-order chi connectivity index (χ0) is 8.55. The van der Waals surface area contributed by atoms with Gasteiger partial charge < -0.3 is 5.32 Å². The molecular weight excluding hydrogens is 146 g/mol.